The van der Waals surface area contributed by atoms with Gasteiger partial charge in [-0.2, -0.15) is 0 Å². The largest absolute Gasteiger partial charge is 0.309 e. The Bertz CT molecular complexity index is 95.2. The lowest BCUT2D eigenvalue weighted by Crippen LogP contribution is -2.19. The van der Waals surface area contributed by atoms with E-state index in [-0.39, 0.29) is 0 Å². The summed E-state index contributed by atoms with van der Waals surface area (Å²) in [6.07, 6.45) is 4.02. The van der Waals surface area contributed by atoms with Gasteiger partial charge in [0.1, 0.15) is 0 Å². The van der Waals surface area contributed by atoms with E-state index in [1.54, 1.807) is 0 Å². The molecule has 0 rings (SSSR count). The van der Waals surface area contributed by atoms with Crippen LogP contribution in [0.5, 0.6) is 0 Å². The minimum atomic E-state index is 0.891. The average Bonchev–Trinajstić information content (AvgIpc) is 2.03. The number of hydrogen-bond donors (Lipinski definition) is 0. The van der Waals surface area contributed by atoms with Crippen molar-refractivity contribution in [3.8, 4) is 0 Å². The van der Waals surface area contributed by atoms with Gasteiger partial charge in [0, 0.05) is 0 Å². The zero-order valence-electron chi connectivity index (χ0n) is 9.43. The Morgan fingerprint density at radius 1 is 1.08 bits per heavy atom. The molecule has 74 valence electrons. The van der Waals surface area contributed by atoms with Crippen molar-refractivity contribution < 1.29 is 0 Å². The third kappa shape index (κ3) is 4.76. The summed E-state index contributed by atoms with van der Waals surface area (Å²) in [4.78, 5) is 2.28. The molecule has 1 unspecified atom stereocenters. The van der Waals surface area contributed by atoms with Crippen LogP contribution >= 0.6 is 0 Å². The van der Waals surface area contributed by atoms with Crippen molar-refractivity contribution in [2.75, 3.05) is 20.6 Å². The van der Waals surface area contributed by atoms with E-state index in [0.29, 0.717) is 0 Å². The SMILES string of the molecule is CCC(CC)C(C)CCN(C)C. The summed E-state index contributed by atoms with van der Waals surface area (Å²) in [7, 11) is 4.30. The van der Waals surface area contributed by atoms with E-state index in [1.807, 2.05) is 0 Å². The van der Waals surface area contributed by atoms with Crippen molar-refractivity contribution in [3.05, 3.63) is 0 Å². The Labute approximate surface area is 78.1 Å². The fourth-order valence-electron chi connectivity index (χ4n) is 1.79. The molecule has 0 aliphatic rings. The molecule has 0 aromatic rings. The maximum atomic E-state index is 2.39. The fraction of sp³-hybridized carbons (Fsp3) is 1.00. The zero-order valence-corrected chi connectivity index (χ0v) is 9.43. The van der Waals surface area contributed by atoms with Gasteiger partial charge in [-0.3, -0.25) is 0 Å². The Kier molecular flexibility index (Phi) is 6.45. The Balaban J connectivity index is 3.61. The minimum absolute atomic E-state index is 0.891. The first-order valence-corrected chi connectivity index (χ1v) is 5.26. The van der Waals surface area contributed by atoms with Crippen LogP contribution in [0.4, 0.5) is 0 Å². The van der Waals surface area contributed by atoms with E-state index in [0.717, 1.165) is 11.8 Å². The molecule has 0 amide bonds. The van der Waals surface area contributed by atoms with Crippen molar-refractivity contribution in [2.24, 2.45) is 11.8 Å². The van der Waals surface area contributed by atoms with E-state index >= 15 is 0 Å². The van der Waals surface area contributed by atoms with Gasteiger partial charge in [-0.1, -0.05) is 33.6 Å². The van der Waals surface area contributed by atoms with Crippen LogP contribution in [0.3, 0.4) is 0 Å². The van der Waals surface area contributed by atoms with Gasteiger partial charge in [-0.15, -0.1) is 0 Å². The van der Waals surface area contributed by atoms with Crippen molar-refractivity contribution >= 4 is 0 Å². The highest BCUT2D eigenvalue weighted by Gasteiger charge is 2.12. The highest BCUT2D eigenvalue weighted by Crippen LogP contribution is 2.21. The molecule has 12 heavy (non-hydrogen) atoms. The highest BCUT2D eigenvalue weighted by molar-refractivity contribution is 4.64. The van der Waals surface area contributed by atoms with Crippen LogP contribution in [0.15, 0.2) is 0 Å². The monoisotopic (exact) mass is 171 g/mol. The van der Waals surface area contributed by atoms with E-state index in [9.17, 15) is 0 Å². The molecule has 0 bridgehead atoms. The van der Waals surface area contributed by atoms with E-state index in [2.05, 4.69) is 39.8 Å². The lowest BCUT2D eigenvalue weighted by atomic mass is 9.87. The van der Waals surface area contributed by atoms with E-state index < -0.39 is 0 Å². The Morgan fingerprint density at radius 3 is 1.92 bits per heavy atom. The molecule has 0 heterocycles. The number of hydrogen-bond acceptors (Lipinski definition) is 1. The van der Waals surface area contributed by atoms with Crippen LogP contribution in [-0.4, -0.2) is 25.5 Å². The first kappa shape index (κ1) is 12.0. The molecule has 0 saturated heterocycles. The predicted octanol–water partition coefficient (Wildman–Crippen LogP) is 3.01. The van der Waals surface area contributed by atoms with Gasteiger partial charge in [-0.05, 0) is 38.9 Å². The van der Waals surface area contributed by atoms with Gasteiger partial charge in [0.2, 0.25) is 0 Å². The fourth-order valence-corrected chi connectivity index (χ4v) is 1.79. The standard InChI is InChI=1S/C11H25N/c1-6-11(7-2)10(3)8-9-12(4)5/h10-11H,6-9H2,1-5H3. The first-order chi connectivity index (χ1) is 5.61. The molecule has 0 aromatic carbocycles. The van der Waals surface area contributed by atoms with Gasteiger partial charge < -0.3 is 4.90 Å². The second-order valence-corrected chi connectivity index (χ2v) is 4.15. The quantitative estimate of drug-likeness (QED) is 0.594. The summed E-state index contributed by atoms with van der Waals surface area (Å²) in [5.74, 6) is 1.83. The molecule has 1 heteroatoms. The maximum absolute atomic E-state index is 2.39. The Hall–Kier alpha value is -0.0400. The molecule has 0 aromatic heterocycles. The lowest BCUT2D eigenvalue weighted by Gasteiger charge is -2.22. The summed E-state index contributed by atoms with van der Waals surface area (Å²) >= 11 is 0. The molecular formula is C11H25N. The van der Waals surface area contributed by atoms with E-state index in [1.165, 1.54) is 25.8 Å². The molecule has 0 aliphatic heterocycles. The maximum Gasteiger partial charge on any atom is -0.00222 e. The van der Waals surface area contributed by atoms with Gasteiger partial charge in [-0.25, -0.2) is 0 Å². The third-order valence-electron chi connectivity index (χ3n) is 2.89. The zero-order chi connectivity index (χ0) is 9.56. The summed E-state index contributed by atoms with van der Waals surface area (Å²) in [6.45, 7) is 8.24. The summed E-state index contributed by atoms with van der Waals surface area (Å²) in [6, 6.07) is 0. The molecule has 0 N–H and O–H groups in total. The van der Waals surface area contributed by atoms with Crippen molar-refractivity contribution in [1.82, 2.24) is 4.90 Å². The van der Waals surface area contributed by atoms with Crippen LogP contribution < -0.4 is 0 Å². The van der Waals surface area contributed by atoms with Crippen molar-refractivity contribution in [3.63, 3.8) is 0 Å². The van der Waals surface area contributed by atoms with E-state index in [4.69, 9.17) is 0 Å². The predicted molar refractivity (Wildman–Crippen MR) is 56.4 cm³/mol. The Morgan fingerprint density at radius 2 is 1.58 bits per heavy atom. The van der Waals surface area contributed by atoms with Gasteiger partial charge >= 0.3 is 0 Å². The third-order valence-corrected chi connectivity index (χ3v) is 2.89. The second kappa shape index (κ2) is 6.47. The second-order valence-electron chi connectivity index (χ2n) is 4.15. The molecular weight excluding hydrogens is 146 g/mol. The molecule has 1 nitrogen and oxygen atoms in total. The summed E-state index contributed by atoms with van der Waals surface area (Å²) in [5.41, 5.74) is 0. The van der Waals surface area contributed by atoms with Gasteiger partial charge in [0.15, 0.2) is 0 Å². The van der Waals surface area contributed by atoms with Crippen LogP contribution in [0.25, 0.3) is 0 Å². The molecule has 0 aliphatic carbocycles. The average molecular weight is 171 g/mol. The normalized spacial score (nSPS) is 14.2. The highest BCUT2D eigenvalue weighted by atomic mass is 15.0. The molecule has 0 radical (unpaired) electrons. The first-order valence-electron chi connectivity index (χ1n) is 5.26. The van der Waals surface area contributed by atoms with Gasteiger partial charge in [0.05, 0.1) is 0 Å². The summed E-state index contributed by atoms with van der Waals surface area (Å²) in [5, 5.41) is 0. The molecule has 1 atom stereocenters. The van der Waals surface area contributed by atoms with Crippen molar-refractivity contribution in [2.45, 2.75) is 40.0 Å². The van der Waals surface area contributed by atoms with Crippen LogP contribution in [0.1, 0.15) is 40.0 Å². The topological polar surface area (TPSA) is 3.24 Å². The van der Waals surface area contributed by atoms with Crippen LogP contribution in [0, 0.1) is 11.8 Å². The molecule has 0 fully saturated rings. The molecule has 0 saturated carbocycles. The molecule has 0 spiro atoms. The minimum Gasteiger partial charge on any atom is -0.309 e. The summed E-state index contributed by atoms with van der Waals surface area (Å²) < 4.78 is 0. The number of nitrogens with zero attached hydrogens (tertiary/aromatic N) is 1. The van der Waals surface area contributed by atoms with Crippen LogP contribution in [0.2, 0.25) is 0 Å². The van der Waals surface area contributed by atoms with Crippen LogP contribution in [-0.2, 0) is 0 Å². The smallest absolute Gasteiger partial charge is 0.00222 e. The lowest BCUT2D eigenvalue weighted by molar-refractivity contribution is 0.278. The van der Waals surface area contributed by atoms with Gasteiger partial charge in [0.25, 0.3) is 0 Å². The number of rotatable bonds is 6. The van der Waals surface area contributed by atoms with Crippen molar-refractivity contribution in [1.29, 1.82) is 0 Å².